The monoisotopic (exact) mass is 450 g/mol. The third-order valence-electron chi connectivity index (χ3n) is 6.76. The van der Waals surface area contributed by atoms with E-state index in [4.69, 9.17) is 4.74 Å². The maximum absolute atomic E-state index is 13.4. The molecule has 3 N–H and O–H groups in total. The van der Waals surface area contributed by atoms with Gasteiger partial charge in [0, 0.05) is 12.1 Å². The summed E-state index contributed by atoms with van der Waals surface area (Å²) in [6.45, 7) is 4.24. The fourth-order valence-electron chi connectivity index (χ4n) is 4.73. The normalized spacial score (nSPS) is 22.8. The van der Waals surface area contributed by atoms with Gasteiger partial charge in [0.15, 0.2) is 5.78 Å². The molecule has 2 aliphatic rings. The van der Waals surface area contributed by atoms with Crippen LogP contribution in [0.1, 0.15) is 66.4 Å². The molecule has 0 radical (unpaired) electrons. The molecule has 1 aliphatic heterocycles. The predicted molar refractivity (Wildman–Crippen MR) is 123 cm³/mol. The quantitative estimate of drug-likeness (QED) is 0.601. The van der Waals surface area contributed by atoms with Crippen molar-refractivity contribution in [2.75, 3.05) is 13.2 Å². The average molecular weight is 451 g/mol. The number of nitrogens with one attached hydrogen (secondary N) is 2. The number of hydrogen-bond donors (Lipinski definition) is 3. The number of fused-ring (bicyclic) bond motifs is 1. The zero-order valence-corrected chi connectivity index (χ0v) is 19.0. The number of carbonyl (C=O) groups is 3. The van der Waals surface area contributed by atoms with Gasteiger partial charge >= 0.3 is 0 Å². The smallest absolute Gasteiger partial charge is 0.251 e. The minimum atomic E-state index is -0.983. The molecule has 7 nitrogen and oxygen atoms in total. The summed E-state index contributed by atoms with van der Waals surface area (Å²) in [4.78, 5) is 38.8. The molecule has 1 saturated carbocycles. The van der Waals surface area contributed by atoms with E-state index in [1.54, 1.807) is 24.3 Å². The molecule has 3 unspecified atom stereocenters. The molecule has 0 aromatic heterocycles. The van der Waals surface area contributed by atoms with Crippen molar-refractivity contribution in [3.8, 4) is 5.75 Å². The van der Waals surface area contributed by atoms with E-state index in [0.717, 1.165) is 18.4 Å². The van der Waals surface area contributed by atoms with E-state index < -0.39 is 11.5 Å². The fourth-order valence-corrected chi connectivity index (χ4v) is 4.73. The van der Waals surface area contributed by atoms with E-state index in [0.29, 0.717) is 23.5 Å². The van der Waals surface area contributed by atoms with Crippen LogP contribution in [-0.2, 0) is 14.3 Å². The first-order chi connectivity index (χ1) is 15.8. The van der Waals surface area contributed by atoms with Crippen LogP contribution in [0.3, 0.4) is 0 Å². The minimum Gasteiger partial charge on any atom is -0.508 e. The Hall–Kier alpha value is -3.19. The third kappa shape index (κ3) is 4.64. The largest absolute Gasteiger partial charge is 0.508 e. The van der Waals surface area contributed by atoms with Crippen LogP contribution in [-0.4, -0.2) is 47.5 Å². The maximum Gasteiger partial charge on any atom is 0.251 e. The molecule has 4 rings (SSSR count). The summed E-state index contributed by atoms with van der Waals surface area (Å²) in [5, 5.41) is 15.5. The summed E-state index contributed by atoms with van der Waals surface area (Å²) < 4.78 is 5.61. The van der Waals surface area contributed by atoms with E-state index in [9.17, 15) is 19.5 Å². The molecule has 174 valence electrons. The Bertz CT molecular complexity index is 1030. The summed E-state index contributed by atoms with van der Waals surface area (Å²) in [6, 6.07) is 13.7. The van der Waals surface area contributed by atoms with Crippen molar-refractivity contribution in [2.45, 2.75) is 56.6 Å². The van der Waals surface area contributed by atoms with Gasteiger partial charge < -0.3 is 20.5 Å². The van der Waals surface area contributed by atoms with E-state index >= 15 is 0 Å². The van der Waals surface area contributed by atoms with Gasteiger partial charge in [-0.2, -0.15) is 0 Å². The van der Waals surface area contributed by atoms with Crippen LogP contribution in [0.2, 0.25) is 0 Å². The average Bonchev–Trinajstić information content (AvgIpc) is 3.34. The second kappa shape index (κ2) is 9.35. The van der Waals surface area contributed by atoms with E-state index in [1.807, 2.05) is 12.1 Å². The van der Waals surface area contributed by atoms with Gasteiger partial charge in [-0.25, -0.2) is 0 Å². The number of ether oxygens (including phenoxy) is 1. The Morgan fingerprint density at radius 1 is 1.09 bits per heavy atom. The van der Waals surface area contributed by atoms with Crippen LogP contribution in [0.25, 0.3) is 0 Å². The molecule has 1 heterocycles. The number of aromatic hydroxyl groups is 1. The number of amides is 2. The number of Topliss-reactive ketones (excluding diaryl/α,β-unsaturated/α-hetero) is 1. The Kier molecular flexibility index (Phi) is 6.51. The van der Waals surface area contributed by atoms with Crippen LogP contribution in [0, 0.1) is 0 Å². The molecule has 1 aliphatic carbocycles. The van der Waals surface area contributed by atoms with Crippen molar-refractivity contribution < 1.29 is 24.2 Å². The van der Waals surface area contributed by atoms with Crippen LogP contribution in [0.4, 0.5) is 0 Å². The molecule has 33 heavy (non-hydrogen) atoms. The first-order valence-corrected chi connectivity index (χ1v) is 11.4. The summed E-state index contributed by atoms with van der Waals surface area (Å²) in [6.07, 6.45) is 1.80. The zero-order chi connectivity index (χ0) is 23.6. The summed E-state index contributed by atoms with van der Waals surface area (Å²) in [7, 11) is 0. The molecule has 3 atom stereocenters. The zero-order valence-electron chi connectivity index (χ0n) is 19.0. The first kappa shape index (κ1) is 23.0. The highest BCUT2D eigenvalue weighted by Gasteiger charge is 2.55. The molecular formula is C26H30N2O5. The Morgan fingerprint density at radius 3 is 2.42 bits per heavy atom. The van der Waals surface area contributed by atoms with Gasteiger partial charge in [0.25, 0.3) is 5.91 Å². The van der Waals surface area contributed by atoms with Gasteiger partial charge in [-0.3, -0.25) is 14.4 Å². The minimum absolute atomic E-state index is 0.0118. The molecule has 2 aromatic rings. The number of phenolic OH excluding ortho intramolecular Hbond substituents is 1. The lowest BCUT2D eigenvalue weighted by molar-refractivity contribution is -0.130. The molecule has 2 fully saturated rings. The summed E-state index contributed by atoms with van der Waals surface area (Å²) in [5.41, 5.74) is 1.31. The molecule has 2 aromatic carbocycles. The number of carbonyl (C=O) groups excluding carboxylic acids is 3. The topological polar surface area (TPSA) is 105 Å². The van der Waals surface area contributed by atoms with Gasteiger partial charge in [0.05, 0.1) is 12.0 Å². The van der Waals surface area contributed by atoms with Gasteiger partial charge in [0.2, 0.25) is 5.91 Å². The van der Waals surface area contributed by atoms with Crippen LogP contribution in [0.15, 0.2) is 48.5 Å². The Balaban J connectivity index is 1.51. The number of benzene rings is 2. The van der Waals surface area contributed by atoms with Gasteiger partial charge in [-0.15, -0.1) is 0 Å². The summed E-state index contributed by atoms with van der Waals surface area (Å²) >= 11 is 0. The molecule has 7 heteroatoms. The van der Waals surface area contributed by atoms with Crippen molar-refractivity contribution in [1.82, 2.24) is 10.6 Å². The van der Waals surface area contributed by atoms with E-state index in [2.05, 4.69) is 24.5 Å². The van der Waals surface area contributed by atoms with Gasteiger partial charge in [0.1, 0.15) is 17.9 Å². The lowest BCUT2D eigenvalue weighted by atomic mass is 9.89. The highest BCUT2D eigenvalue weighted by molar-refractivity contribution is 5.98. The lowest BCUT2D eigenvalue weighted by Gasteiger charge is -2.30. The Labute approximate surface area is 193 Å². The number of rotatable bonds is 7. The van der Waals surface area contributed by atoms with Gasteiger partial charge in [-0.05, 0) is 60.6 Å². The second-order valence-corrected chi connectivity index (χ2v) is 9.21. The third-order valence-corrected chi connectivity index (χ3v) is 6.76. The highest BCUT2D eigenvalue weighted by atomic mass is 16.5. The Morgan fingerprint density at radius 2 is 1.76 bits per heavy atom. The lowest BCUT2D eigenvalue weighted by Crippen LogP contribution is -2.57. The van der Waals surface area contributed by atoms with Crippen molar-refractivity contribution >= 4 is 17.6 Å². The molecule has 2 amide bonds. The first-order valence-electron chi connectivity index (χ1n) is 11.4. The van der Waals surface area contributed by atoms with Crippen molar-refractivity contribution in [1.29, 1.82) is 0 Å². The second-order valence-electron chi connectivity index (χ2n) is 9.21. The van der Waals surface area contributed by atoms with Crippen LogP contribution >= 0.6 is 0 Å². The highest BCUT2D eigenvalue weighted by Crippen LogP contribution is 2.38. The van der Waals surface area contributed by atoms with Crippen molar-refractivity contribution in [2.24, 2.45) is 0 Å². The molecule has 0 bridgehead atoms. The number of ketones is 1. The summed E-state index contributed by atoms with van der Waals surface area (Å²) in [5.74, 6) is -1.00. The van der Waals surface area contributed by atoms with Crippen molar-refractivity contribution in [3.05, 3.63) is 65.2 Å². The fraction of sp³-hybridized carbons (Fsp3) is 0.423. The van der Waals surface area contributed by atoms with Crippen molar-refractivity contribution in [3.63, 3.8) is 0 Å². The van der Waals surface area contributed by atoms with Gasteiger partial charge in [-0.1, -0.05) is 38.1 Å². The maximum atomic E-state index is 13.4. The van der Waals surface area contributed by atoms with E-state index in [-0.39, 0.29) is 42.6 Å². The SMILES string of the molecule is CC(C)c1ccc(C(=O)NCC(C(=O)NC23CCCC2OCC3=O)c2ccc(O)cc2)cc1. The molecule has 1 saturated heterocycles. The van der Waals surface area contributed by atoms with E-state index in [1.165, 1.54) is 12.1 Å². The standard InChI is InChI=1S/C26H30N2O5/c1-16(2)17-5-7-19(8-6-17)24(31)27-14-21(18-9-11-20(29)12-10-18)25(32)28-26-13-3-4-23(26)33-15-22(26)30/h5-12,16,21,23,29H,3-4,13-15H2,1-2H3,(H,27,31)(H,28,32). The molecular weight excluding hydrogens is 420 g/mol. The van der Waals surface area contributed by atoms with Crippen LogP contribution < -0.4 is 10.6 Å². The predicted octanol–water partition coefficient (Wildman–Crippen LogP) is 3.04. The number of hydrogen-bond acceptors (Lipinski definition) is 5. The molecule has 0 spiro atoms. The van der Waals surface area contributed by atoms with Crippen LogP contribution in [0.5, 0.6) is 5.75 Å². The number of phenols is 1.